The van der Waals surface area contributed by atoms with Crippen LogP contribution in [0.25, 0.3) is 0 Å². The van der Waals surface area contributed by atoms with E-state index < -0.39 is 6.04 Å². The van der Waals surface area contributed by atoms with Gasteiger partial charge in [0, 0.05) is 5.69 Å². The molecular weight excluding hydrogens is 435 g/mol. The number of hydrogen-bond acceptors (Lipinski definition) is 4. The molecule has 1 amide bonds. The summed E-state index contributed by atoms with van der Waals surface area (Å²) in [5.41, 5.74) is 1.88. The van der Waals surface area contributed by atoms with Crippen molar-refractivity contribution in [3.8, 4) is 0 Å². The van der Waals surface area contributed by atoms with E-state index in [4.69, 9.17) is 27.9 Å². The number of fused-ring (bicyclic) bond motifs is 1. The van der Waals surface area contributed by atoms with Gasteiger partial charge >= 0.3 is 0 Å². The highest BCUT2D eigenvalue weighted by atomic mass is 35.5. The van der Waals surface area contributed by atoms with Crippen LogP contribution in [0, 0.1) is 18.8 Å². The number of amides is 1. The van der Waals surface area contributed by atoms with E-state index in [2.05, 4.69) is 11.9 Å². The molecule has 0 spiro atoms. The van der Waals surface area contributed by atoms with Gasteiger partial charge < -0.3 is 4.74 Å². The number of halogens is 2. The summed E-state index contributed by atoms with van der Waals surface area (Å²) in [5, 5.41) is 0.780. The van der Waals surface area contributed by atoms with Crippen molar-refractivity contribution in [3.05, 3.63) is 69.0 Å². The summed E-state index contributed by atoms with van der Waals surface area (Å²) < 4.78 is 6.21. The van der Waals surface area contributed by atoms with Gasteiger partial charge in [0.2, 0.25) is 0 Å². The fraction of sp³-hybridized carbons (Fsp3) is 0.375. The summed E-state index contributed by atoms with van der Waals surface area (Å²) in [6, 6.07) is 10.0. The van der Waals surface area contributed by atoms with Crippen molar-refractivity contribution in [1.29, 1.82) is 0 Å². The van der Waals surface area contributed by atoms with Crippen LogP contribution < -0.4 is 4.90 Å². The van der Waals surface area contributed by atoms with Crippen molar-refractivity contribution in [2.45, 2.75) is 45.3 Å². The summed E-state index contributed by atoms with van der Waals surface area (Å²) in [4.78, 5) is 33.4. The van der Waals surface area contributed by atoms with Crippen LogP contribution in [0.3, 0.4) is 0 Å². The van der Waals surface area contributed by atoms with E-state index in [0.717, 1.165) is 25.0 Å². The Bertz CT molecular complexity index is 1130. The predicted molar refractivity (Wildman–Crippen MR) is 119 cm³/mol. The van der Waals surface area contributed by atoms with Crippen LogP contribution in [-0.2, 0) is 14.3 Å². The first-order chi connectivity index (χ1) is 14.8. The molecule has 1 aliphatic carbocycles. The number of carbonyl (C=O) groups excluding carboxylic acids is 2. The van der Waals surface area contributed by atoms with Crippen molar-refractivity contribution >= 4 is 40.7 Å². The Morgan fingerprint density at radius 1 is 1.10 bits per heavy atom. The first-order valence-corrected chi connectivity index (χ1v) is 11.3. The maximum Gasteiger partial charge on any atom is 0.295 e. The Hall–Kier alpha value is -2.37. The van der Waals surface area contributed by atoms with Crippen molar-refractivity contribution < 1.29 is 14.3 Å². The number of ether oxygens (including phenoxy) is 1. The minimum Gasteiger partial charge on any atom is -0.483 e. The van der Waals surface area contributed by atoms with Crippen LogP contribution in [0.5, 0.6) is 0 Å². The third-order valence-corrected chi connectivity index (χ3v) is 7.23. The molecule has 5 rings (SSSR count). The average molecular weight is 457 g/mol. The molecule has 1 aromatic carbocycles. The molecular formula is C24H22Cl2N2O3. The molecule has 5 nitrogen and oxygen atoms in total. The number of nitrogens with zero attached hydrogens (tertiary/aromatic N) is 2. The molecule has 2 aliphatic heterocycles. The van der Waals surface area contributed by atoms with Crippen molar-refractivity contribution in [1.82, 2.24) is 4.98 Å². The normalized spacial score (nSPS) is 27.8. The number of benzene rings is 1. The van der Waals surface area contributed by atoms with Crippen LogP contribution in [0.1, 0.15) is 43.5 Å². The number of rotatable bonds is 2. The summed E-state index contributed by atoms with van der Waals surface area (Å²) in [7, 11) is 0. The molecule has 0 N–H and O–H groups in total. The predicted octanol–water partition coefficient (Wildman–Crippen LogP) is 5.44. The molecule has 4 atom stereocenters. The van der Waals surface area contributed by atoms with E-state index in [-0.39, 0.29) is 29.5 Å². The van der Waals surface area contributed by atoms with Gasteiger partial charge in [-0.3, -0.25) is 14.5 Å². The third-order valence-electron chi connectivity index (χ3n) is 6.49. The summed E-state index contributed by atoms with van der Waals surface area (Å²) >= 11 is 12.4. The fourth-order valence-electron chi connectivity index (χ4n) is 4.97. The zero-order chi connectivity index (χ0) is 21.9. The first-order valence-electron chi connectivity index (χ1n) is 10.5. The van der Waals surface area contributed by atoms with Gasteiger partial charge in [-0.15, -0.1) is 0 Å². The van der Waals surface area contributed by atoms with Crippen molar-refractivity contribution in [2.75, 3.05) is 4.90 Å². The highest BCUT2D eigenvalue weighted by Gasteiger charge is 2.53. The van der Waals surface area contributed by atoms with Gasteiger partial charge in [-0.1, -0.05) is 42.3 Å². The second kappa shape index (κ2) is 7.64. The monoisotopic (exact) mass is 456 g/mol. The van der Waals surface area contributed by atoms with Crippen LogP contribution in [-0.4, -0.2) is 22.8 Å². The van der Waals surface area contributed by atoms with E-state index in [1.54, 1.807) is 29.2 Å². The van der Waals surface area contributed by atoms with Gasteiger partial charge in [0.05, 0.1) is 27.6 Å². The molecule has 0 saturated heterocycles. The van der Waals surface area contributed by atoms with E-state index in [0.29, 0.717) is 32.9 Å². The number of hydrogen-bond donors (Lipinski definition) is 0. The highest BCUT2D eigenvalue weighted by Crippen LogP contribution is 2.49. The Morgan fingerprint density at radius 3 is 2.65 bits per heavy atom. The number of carbonyl (C=O) groups is 2. The first kappa shape index (κ1) is 20.5. The lowest BCUT2D eigenvalue weighted by atomic mass is 9.74. The number of anilines is 1. The second-order valence-electron chi connectivity index (χ2n) is 8.68. The van der Waals surface area contributed by atoms with E-state index in [9.17, 15) is 9.59 Å². The summed E-state index contributed by atoms with van der Waals surface area (Å²) in [6.45, 7) is 4.02. The lowest BCUT2D eigenvalue weighted by Gasteiger charge is -2.37. The van der Waals surface area contributed by atoms with Gasteiger partial charge in [0.25, 0.3) is 5.91 Å². The molecule has 160 valence electrons. The van der Waals surface area contributed by atoms with Crippen LogP contribution in [0.2, 0.25) is 10.0 Å². The summed E-state index contributed by atoms with van der Waals surface area (Å²) in [6.07, 6.45) is 2.30. The molecule has 1 aromatic heterocycles. The van der Waals surface area contributed by atoms with Crippen LogP contribution in [0.15, 0.2) is 47.7 Å². The molecule has 4 unspecified atom stereocenters. The lowest BCUT2D eigenvalue weighted by Crippen LogP contribution is -2.41. The van der Waals surface area contributed by atoms with Crippen molar-refractivity contribution in [3.63, 3.8) is 0 Å². The molecule has 2 aromatic rings. The number of ketones is 1. The zero-order valence-corrected chi connectivity index (χ0v) is 18.8. The van der Waals surface area contributed by atoms with Gasteiger partial charge in [-0.05, 0) is 61.9 Å². The maximum atomic E-state index is 13.7. The van der Waals surface area contributed by atoms with Gasteiger partial charge in [0.1, 0.15) is 11.9 Å². The molecule has 0 radical (unpaired) electrons. The largest absolute Gasteiger partial charge is 0.483 e. The zero-order valence-electron chi connectivity index (χ0n) is 17.3. The minimum atomic E-state index is -0.655. The molecule has 3 heterocycles. The van der Waals surface area contributed by atoms with E-state index in [1.807, 2.05) is 19.1 Å². The highest BCUT2D eigenvalue weighted by molar-refractivity contribution is 6.42. The minimum absolute atomic E-state index is 0.00243. The second-order valence-corrected chi connectivity index (χ2v) is 9.49. The van der Waals surface area contributed by atoms with Crippen molar-refractivity contribution in [2.24, 2.45) is 11.8 Å². The maximum absolute atomic E-state index is 13.7. The Labute approximate surface area is 191 Å². The number of aryl methyl sites for hydroxylation is 1. The smallest absolute Gasteiger partial charge is 0.295 e. The quantitative estimate of drug-likeness (QED) is 0.603. The van der Waals surface area contributed by atoms with E-state index >= 15 is 0 Å². The molecule has 31 heavy (non-hydrogen) atoms. The molecule has 3 aliphatic rings. The number of Topliss-reactive ketones (excluding diaryl/α,β-unsaturated/α-hetero) is 1. The average Bonchev–Trinajstić information content (AvgIpc) is 3.03. The SMILES string of the molecule is Cc1cccc(N2C(=O)C3=C(C(=O)C4CC(C)CCC4O3)C2c2ccc(Cl)c(Cl)c2)n1. The Balaban J connectivity index is 1.67. The van der Waals surface area contributed by atoms with Crippen LogP contribution >= 0.6 is 23.2 Å². The van der Waals surface area contributed by atoms with E-state index in [1.165, 1.54) is 0 Å². The van der Waals surface area contributed by atoms with Gasteiger partial charge in [-0.2, -0.15) is 0 Å². The topological polar surface area (TPSA) is 59.5 Å². The number of pyridine rings is 1. The fourth-order valence-corrected chi connectivity index (χ4v) is 5.28. The molecule has 1 fully saturated rings. The molecule has 7 heteroatoms. The summed E-state index contributed by atoms with van der Waals surface area (Å²) in [5.74, 6) is 0.507. The third kappa shape index (κ3) is 3.35. The lowest BCUT2D eigenvalue weighted by molar-refractivity contribution is -0.132. The number of aromatic nitrogens is 1. The molecule has 1 saturated carbocycles. The standard InChI is InChI=1S/C24H22Cl2N2O3/c1-12-6-9-18-15(10-12)22(29)20-21(14-7-8-16(25)17(26)11-14)28(24(30)23(20)31-18)19-5-3-4-13(2)27-19/h3-5,7-8,11-12,15,18,21H,6,9-10H2,1-2H3. The molecule has 0 bridgehead atoms. The van der Waals surface area contributed by atoms with Crippen LogP contribution in [0.4, 0.5) is 5.82 Å². The van der Waals surface area contributed by atoms with Gasteiger partial charge in [-0.25, -0.2) is 4.98 Å². The Morgan fingerprint density at radius 2 is 1.90 bits per heavy atom. The Kier molecular flexibility index (Phi) is 5.06. The van der Waals surface area contributed by atoms with Gasteiger partial charge in [0.15, 0.2) is 11.5 Å².